The molecule has 0 aliphatic carbocycles. The van der Waals surface area contributed by atoms with Crippen LogP contribution >= 0.6 is 0 Å². The molecular formula is C19H34O2Si. The van der Waals surface area contributed by atoms with Gasteiger partial charge < -0.3 is 9.53 Å². The third-order valence-corrected chi connectivity index (χ3v) is 9.72. The van der Waals surface area contributed by atoms with Gasteiger partial charge in [-0.15, -0.1) is 0 Å². The Balaban J connectivity index is 3.24. The van der Waals surface area contributed by atoms with Gasteiger partial charge in [-0.2, -0.15) is 0 Å². The summed E-state index contributed by atoms with van der Waals surface area (Å²) in [5, 5.41) is 10.4. The summed E-state index contributed by atoms with van der Waals surface area (Å²) < 4.78 is 6.80. The lowest BCUT2D eigenvalue weighted by atomic mass is 9.73. The lowest BCUT2D eigenvalue weighted by Crippen LogP contribution is -2.58. The van der Waals surface area contributed by atoms with Crippen LogP contribution in [0, 0.1) is 5.41 Å². The second-order valence-electron chi connectivity index (χ2n) is 8.93. The first-order chi connectivity index (χ1) is 9.85. The molecule has 0 amide bonds. The summed E-state index contributed by atoms with van der Waals surface area (Å²) in [6, 6.07) is 10.4. The molecule has 0 radical (unpaired) electrons. The Morgan fingerprint density at radius 2 is 1.45 bits per heavy atom. The van der Waals surface area contributed by atoms with E-state index in [4.69, 9.17) is 4.43 Å². The van der Waals surface area contributed by atoms with Crippen molar-refractivity contribution < 1.29 is 9.53 Å². The van der Waals surface area contributed by atoms with Gasteiger partial charge >= 0.3 is 0 Å². The van der Waals surface area contributed by atoms with Crippen LogP contribution in [0.4, 0.5) is 0 Å². The van der Waals surface area contributed by atoms with Crippen LogP contribution in [-0.2, 0) is 10.8 Å². The van der Waals surface area contributed by atoms with Crippen LogP contribution in [-0.4, -0.2) is 25.6 Å². The number of hydrogen-bond acceptors (Lipinski definition) is 2. The molecule has 0 fully saturated rings. The Morgan fingerprint density at radius 3 is 1.82 bits per heavy atom. The highest BCUT2D eigenvalue weighted by Crippen LogP contribution is 2.45. The molecule has 0 aromatic heterocycles. The fraction of sp³-hybridized carbons (Fsp3) is 0.684. The summed E-state index contributed by atoms with van der Waals surface area (Å²) in [7, 11) is -1.98. The minimum absolute atomic E-state index is 0.0396. The second kappa shape index (κ2) is 6.46. The van der Waals surface area contributed by atoms with E-state index in [1.54, 1.807) is 0 Å². The van der Waals surface area contributed by atoms with Crippen molar-refractivity contribution in [1.82, 2.24) is 0 Å². The van der Waals surface area contributed by atoms with Crippen LogP contribution in [0.25, 0.3) is 0 Å². The molecule has 22 heavy (non-hydrogen) atoms. The zero-order chi connectivity index (χ0) is 17.2. The molecule has 0 heterocycles. The van der Waals surface area contributed by atoms with Crippen LogP contribution in [0.2, 0.25) is 18.1 Å². The molecule has 0 unspecified atom stereocenters. The highest BCUT2D eigenvalue weighted by Gasteiger charge is 2.50. The minimum Gasteiger partial charge on any atom is -0.408 e. The normalized spacial score (nSPS) is 16.4. The van der Waals surface area contributed by atoms with Gasteiger partial charge in [-0.25, -0.2) is 0 Å². The number of hydrogen-bond donors (Lipinski definition) is 1. The van der Waals surface area contributed by atoms with E-state index in [0.717, 1.165) is 6.42 Å². The molecule has 1 N–H and O–H groups in total. The summed E-state index contributed by atoms with van der Waals surface area (Å²) in [6.45, 7) is 17.8. The minimum atomic E-state index is -1.98. The zero-order valence-corrected chi connectivity index (χ0v) is 16.7. The van der Waals surface area contributed by atoms with E-state index in [1.165, 1.54) is 5.56 Å². The first-order valence-corrected chi connectivity index (χ1v) is 11.1. The van der Waals surface area contributed by atoms with Crippen molar-refractivity contribution in [3.05, 3.63) is 35.9 Å². The van der Waals surface area contributed by atoms with E-state index in [1.807, 2.05) is 18.2 Å². The van der Waals surface area contributed by atoms with Gasteiger partial charge in [-0.3, -0.25) is 0 Å². The van der Waals surface area contributed by atoms with E-state index < -0.39 is 13.9 Å². The predicted octanol–water partition coefficient (Wildman–Crippen LogP) is 5.03. The molecule has 0 saturated heterocycles. The summed E-state index contributed by atoms with van der Waals surface area (Å²) in [6.07, 6.45) is 0.736. The molecular weight excluding hydrogens is 288 g/mol. The first kappa shape index (κ1) is 19.4. The lowest BCUT2D eigenvalue weighted by Gasteiger charge is -2.51. The molecule has 0 saturated carbocycles. The summed E-state index contributed by atoms with van der Waals surface area (Å²) in [5.41, 5.74) is 0.509. The number of aliphatic hydroxyl groups excluding tert-OH is 1. The fourth-order valence-electron chi connectivity index (χ4n) is 2.35. The number of aliphatic hydroxyl groups is 1. The van der Waals surface area contributed by atoms with Crippen molar-refractivity contribution in [1.29, 1.82) is 0 Å². The van der Waals surface area contributed by atoms with Gasteiger partial charge in [0.2, 0.25) is 0 Å². The highest BCUT2D eigenvalue weighted by molar-refractivity contribution is 6.74. The van der Waals surface area contributed by atoms with Gasteiger partial charge in [-0.1, -0.05) is 71.9 Å². The van der Waals surface area contributed by atoms with Gasteiger partial charge in [0, 0.05) is 6.42 Å². The second-order valence-corrected chi connectivity index (χ2v) is 13.7. The monoisotopic (exact) mass is 322 g/mol. The van der Waals surface area contributed by atoms with Crippen molar-refractivity contribution in [2.45, 2.75) is 71.7 Å². The van der Waals surface area contributed by atoms with E-state index >= 15 is 0 Å². The summed E-state index contributed by atoms with van der Waals surface area (Å²) in [4.78, 5) is 0. The Labute approximate surface area is 138 Å². The van der Waals surface area contributed by atoms with Crippen LogP contribution in [0.15, 0.2) is 30.3 Å². The first-order valence-electron chi connectivity index (χ1n) is 8.20. The van der Waals surface area contributed by atoms with Crippen LogP contribution < -0.4 is 0 Å². The standard InChI is InChI=1S/C19H34O2Si/c1-17(2,3)19(15-20,14-16-12-10-9-11-13-16)21-22(7,8)18(4,5)6/h9-13,20H,14-15H2,1-8H3/t19-/m0/s1. The molecule has 0 spiro atoms. The number of rotatable bonds is 5. The maximum absolute atomic E-state index is 10.3. The summed E-state index contributed by atoms with van der Waals surface area (Å²) >= 11 is 0. The molecule has 2 nitrogen and oxygen atoms in total. The largest absolute Gasteiger partial charge is 0.408 e. The third-order valence-electron chi connectivity index (χ3n) is 5.21. The Kier molecular flexibility index (Phi) is 5.70. The molecule has 0 aliphatic heterocycles. The molecule has 126 valence electrons. The van der Waals surface area contributed by atoms with Gasteiger partial charge in [0.15, 0.2) is 8.32 Å². The average Bonchev–Trinajstić information content (AvgIpc) is 2.36. The molecule has 3 heteroatoms. The Morgan fingerprint density at radius 1 is 0.955 bits per heavy atom. The van der Waals surface area contributed by atoms with Crippen molar-refractivity contribution in [3.63, 3.8) is 0 Å². The average molecular weight is 323 g/mol. The maximum atomic E-state index is 10.3. The van der Waals surface area contributed by atoms with E-state index in [2.05, 4.69) is 66.8 Å². The quantitative estimate of drug-likeness (QED) is 0.771. The Bertz CT molecular complexity index is 468. The molecule has 1 atom stereocenters. The molecule has 1 rings (SSSR count). The van der Waals surface area contributed by atoms with Gasteiger partial charge in [0.1, 0.15) is 0 Å². The maximum Gasteiger partial charge on any atom is 0.192 e. The van der Waals surface area contributed by atoms with Crippen molar-refractivity contribution in [3.8, 4) is 0 Å². The topological polar surface area (TPSA) is 29.5 Å². The SMILES string of the molecule is CC(C)(C)[C@@](CO)(Cc1ccccc1)O[Si](C)(C)C(C)(C)C. The molecule has 0 aliphatic rings. The summed E-state index contributed by atoms with van der Waals surface area (Å²) in [5.74, 6) is 0. The molecule has 1 aromatic carbocycles. The van der Waals surface area contributed by atoms with Crippen LogP contribution in [0.1, 0.15) is 47.1 Å². The smallest absolute Gasteiger partial charge is 0.192 e. The van der Waals surface area contributed by atoms with Crippen LogP contribution in [0.3, 0.4) is 0 Å². The van der Waals surface area contributed by atoms with E-state index in [9.17, 15) is 5.11 Å². The fourth-order valence-corrected chi connectivity index (χ4v) is 4.07. The highest BCUT2D eigenvalue weighted by atomic mass is 28.4. The van der Waals surface area contributed by atoms with Gasteiger partial charge in [0.05, 0.1) is 12.2 Å². The molecule has 1 aromatic rings. The Hall–Kier alpha value is -0.643. The lowest BCUT2D eigenvalue weighted by molar-refractivity contribution is -0.0821. The van der Waals surface area contributed by atoms with Gasteiger partial charge in [0.25, 0.3) is 0 Å². The number of benzene rings is 1. The predicted molar refractivity (Wildman–Crippen MR) is 97.7 cm³/mol. The zero-order valence-electron chi connectivity index (χ0n) is 15.7. The van der Waals surface area contributed by atoms with Gasteiger partial charge in [-0.05, 0) is 29.1 Å². The van der Waals surface area contributed by atoms with Crippen molar-refractivity contribution in [2.75, 3.05) is 6.61 Å². The van der Waals surface area contributed by atoms with Crippen LogP contribution in [0.5, 0.6) is 0 Å². The third kappa shape index (κ3) is 4.21. The van der Waals surface area contributed by atoms with E-state index in [-0.39, 0.29) is 17.1 Å². The van der Waals surface area contributed by atoms with Crippen molar-refractivity contribution in [2.24, 2.45) is 5.41 Å². The van der Waals surface area contributed by atoms with Crippen molar-refractivity contribution >= 4 is 8.32 Å². The molecule has 0 bridgehead atoms. The van der Waals surface area contributed by atoms with E-state index in [0.29, 0.717) is 0 Å².